The van der Waals surface area contributed by atoms with Crippen molar-refractivity contribution in [1.29, 1.82) is 0 Å². The lowest BCUT2D eigenvalue weighted by molar-refractivity contribution is -0.162. The average Bonchev–Trinajstić information content (AvgIpc) is 2.06. The molecule has 2 nitrogen and oxygen atoms in total. The summed E-state index contributed by atoms with van der Waals surface area (Å²) < 4.78 is 5.40. The van der Waals surface area contributed by atoms with Crippen LogP contribution >= 0.6 is 11.6 Å². The molecule has 0 heterocycles. The van der Waals surface area contributed by atoms with Crippen molar-refractivity contribution in [1.82, 2.24) is 0 Å². The van der Waals surface area contributed by atoms with Gasteiger partial charge in [-0.3, -0.25) is 4.79 Å². The fourth-order valence-corrected chi connectivity index (χ4v) is 2.29. The Kier molecular flexibility index (Phi) is 4.05. The molecule has 3 heteroatoms. The highest BCUT2D eigenvalue weighted by Gasteiger charge is 2.34. The number of alkyl halides is 1. The third kappa shape index (κ3) is 4.02. The van der Waals surface area contributed by atoms with Crippen LogP contribution in [0, 0.1) is 11.8 Å². The fourth-order valence-electron chi connectivity index (χ4n) is 1.98. The molecule has 88 valence electrons. The number of ether oxygens (including phenoxy) is 1. The molecule has 1 aliphatic rings. The number of rotatable bonds is 1. The van der Waals surface area contributed by atoms with Gasteiger partial charge in [-0.1, -0.05) is 6.92 Å². The van der Waals surface area contributed by atoms with Crippen LogP contribution in [0.4, 0.5) is 0 Å². The zero-order chi connectivity index (χ0) is 11.6. The lowest BCUT2D eigenvalue weighted by Crippen LogP contribution is -2.35. The molecular weight excluding hydrogens is 212 g/mol. The molecule has 0 aromatic rings. The molecule has 0 N–H and O–H groups in total. The molecule has 1 rings (SSSR count). The van der Waals surface area contributed by atoms with Crippen LogP contribution in [0.2, 0.25) is 0 Å². The van der Waals surface area contributed by atoms with Crippen molar-refractivity contribution in [2.24, 2.45) is 11.8 Å². The van der Waals surface area contributed by atoms with Crippen LogP contribution in [-0.4, -0.2) is 16.9 Å². The molecular formula is C12H21ClO2. The van der Waals surface area contributed by atoms with Crippen LogP contribution in [0.3, 0.4) is 0 Å². The van der Waals surface area contributed by atoms with Gasteiger partial charge in [-0.05, 0) is 46.0 Å². The average molecular weight is 233 g/mol. The summed E-state index contributed by atoms with van der Waals surface area (Å²) in [6.07, 6.45) is 2.80. The Morgan fingerprint density at radius 1 is 1.33 bits per heavy atom. The minimum Gasteiger partial charge on any atom is -0.460 e. The van der Waals surface area contributed by atoms with Gasteiger partial charge in [-0.2, -0.15) is 0 Å². The SMILES string of the molecule is C[C@H]1CC[C@@H](Cl)C[C@@H]1C(=O)OC(C)(C)C. The number of carbonyl (C=O) groups excluding carboxylic acids is 1. The normalized spacial score (nSPS) is 32.5. The topological polar surface area (TPSA) is 26.3 Å². The van der Waals surface area contributed by atoms with Gasteiger partial charge in [0.2, 0.25) is 0 Å². The van der Waals surface area contributed by atoms with Gasteiger partial charge in [0.15, 0.2) is 0 Å². The lowest BCUT2D eigenvalue weighted by atomic mass is 9.80. The number of hydrogen-bond acceptors (Lipinski definition) is 2. The van der Waals surface area contributed by atoms with E-state index >= 15 is 0 Å². The summed E-state index contributed by atoms with van der Waals surface area (Å²) in [4.78, 5) is 11.9. The standard InChI is InChI=1S/C12H21ClO2/c1-8-5-6-9(13)7-10(8)11(14)15-12(2,3)4/h8-10H,5-7H2,1-4H3/t8-,9+,10-/m0/s1. The monoisotopic (exact) mass is 232 g/mol. The molecule has 0 amide bonds. The second kappa shape index (κ2) is 4.73. The first kappa shape index (κ1) is 12.8. The maximum absolute atomic E-state index is 11.9. The highest BCUT2D eigenvalue weighted by molar-refractivity contribution is 6.20. The maximum atomic E-state index is 11.9. The Morgan fingerprint density at radius 3 is 2.47 bits per heavy atom. The Morgan fingerprint density at radius 2 is 1.93 bits per heavy atom. The summed E-state index contributed by atoms with van der Waals surface area (Å²) in [7, 11) is 0. The molecule has 0 aromatic carbocycles. The molecule has 3 atom stereocenters. The van der Waals surface area contributed by atoms with Gasteiger partial charge >= 0.3 is 5.97 Å². The number of hydrogen-bond donors (Lipinski definition) is 0. The lowest BCUT2D eigenvalue weighted by Gasteiger charge is -2.32. The summed E-state index contributed by atoms with van der Waals surface area (Å²) in [5, 5.41) is 0.138. The maximum Gasteiger partial charge on any atom is 0.309 e. The first-order chi connectivity index (χ1) is 6.79. The van der Waals surface area contributed by atoms with Crippen LogP contribution in [0.1, 0.15) is 47.0 Å². The van der Waals surface area contributed by atoms with Crippen molar-refractivity contribution < 1.29 is 9.53 Å². The van der Waals surface area contributed by atoms with E-state index in [0.717, 1.165) is 19.3 Å². The summed E-state index contributed by atoms with van der Waals surface area (Å²) in [6, 6.07) is 0. The van der Waals surface area contributed by atoms with E-state index in [1.165, 1.54) is 0 Å². The van der Waals surface area contributed by atoms with Crippen LogP contribution in [0.5, 0.6) is 0 Å². The van der Waals surface area contributed by atoms with E-state index in [-0.39, 0.29) is 17.3 Å². The van der Waals surface area contributed by atoms with E-state index in [0.29, 0.717) is 5.92 Å². The van der Waals surface area contributed by atoms with Crippen LogP contribution in [-0.2, 0) is 9.53 Å². The van der Waals surface area contributed by atoms with Gasteiger partial charge in [-0.15, -0.1) is 11.6 Å². The van der Waals surface area contributed by atoms with Crippen molar-refractivity contribution in [3.8, 4) is 0 Å². The van der Waals surface area contributed by atoms with Crippen molar-refractivity contribution in [2.45, 2.75) is 57.9 Å². The highest BCUT2D eigenvalue weighted by atomic mass is 35.5. The van der Waals surface area contributed by atoms with E-state index in [2.05, 4.69) is 6.92 Å². The van der Waals surface area contributed by atoms with Gasteiger partial charge in [0.1, 0.15) is 5.60 Å². The van der Waals surface area contributed by atoms with Crippen LogP contribution in [0.25, 0.3) is 0 Å². The number of esters is 1. The van der Waals surface area contributed by atoms with Crippen molar-refractivity contribution in [2.75, 3.05) is 0 Å². The highest BCUT2D eigenvalue weighted by Crippen LogP contribution is 2.34. The van der Waals surface area contributed by atoms with Crippen LogP contribution in [0.15, 0.2) is 0 Å². The molecule has 0 radical (unpaired) electrons. The van der Waals surface area contributed by atoms with Gasteiger partial charge < -0.3 is 4.74 Å². The van der Waals surface area contributed by atoms with E-state index in [4.69, 9.17) is 16.3 Å². The van der Waals surface area contributed by atoms with E-state index in [1.54, 1.807) is 0 Å². The molecule has 0 aromatic heterocycles. The molecule has 1 saturated carbocycles. The van der Waals surface area contributed by atoms with Crippen molar-refractivity contribution in [3.05, 3.63) is 0 Å². The zero-order valence-corrected chi connectivity index (χ0v) is 10.8. The van der Waals surface area contributed by atoms with E-state index < -0.39 is 5.60 Å². The molecule has 0 unspecified atom stereocenters. The summed E-state index contributed by atoms with van der Waals surface area (Å²) >= 11 is 6.08. The van der Waals surface area contributed by atoms with Crippen molar-refractivity contribution >= 4 is 17.6 Å². The molecule has 1 aliphatic carbocycles. The molecule has 1 fully saturated rings. The van der Waals surface area contributed by atoms with E-state index in [1.807, 2.05) is 20.8 Å². The number of carbonyl (C=O) groups is 1. The second-order valence-electron chi connectivity index (χ2n) is 5.53. The Bertz CT molecular complexity index is 232. The van der Waals surface area contributed by atoms with Crippen molar-refractivity contribution in [3.63, 3.8) is 0 Å². The minimum absolute atomic E-state index is 0.0134. The first-order valence-corrected chi connectivity index (χ1v) is 6.10. The summed E-state index contributed by atoms with van der Waals surface area (Å²) in [5.74, 6) is 0.302. The molecule has 0 spiro atoms. The van der Waals surface area contributed by atoms with E-state index in [9.17, 15) is 4.79 Å². The Balaban J connectivity index is 2.57. The quantitative estimate of drug-likeness (QED) is 0.512. The third-order valence-corrected chi connectivity index (χ3v) is 3.24. The first-order valence-electron chi connectivity index (χ1n) is 5.66. The molecule has 15 heavy (non-hydrogen) atoms. The summed E-state index contributed by atoms with van der Waals surface area (Å²) in [5.41, 5.74) is -0.393. The van der Waals surface area contributed by atoms with Gasteiger partial charge in [-0.25, -0.2) is 0 Å². The smallest absolute Gasteiger partial charge is 0.309 e. The minimum atomic E-state index is -0.393. The predicted octanol–water partition coefficient (Wildman–Crippen LogP) is 3.37. The number of halogens is 1. The summed E-state index contributed by atoms with van der Waals surface area (Å²) in [6.45, 7) is 7.81. The van der Waals surface area contributed by atoms with Gasteiger partial charge in [0, 0.05) is 5.38 Å². The Hall–Kier alpha value is -0.240. The predicted molar refractivity (Wildman–Crippen MR) is 62.0 cm³/mol. The zero-order valence-electron chi connectivity index (χ0n) is 10.0. The fraction of sp³-hybridized carbons (Fsp3) is 0.917. The van der Waals surface area contributed by atoms with Gasteiger partial charge in [0.05, 0.1) is 5.92 Å². The Labute approximate surface area is 97.3 Å². The van der Waals surface area contributed by atoms with Crippen LogP contribution < -0.4 is 0 Å². The molecule has 0 aliphatic heterocycles. The third-order valence-electron chi connectivity index (χ3n) is 2.84. The van der Waals surface area contributed by atoms with Gasteiger partial charge in [0.25, 0.3) is 0 Å². The molecule has 0 saturated heterocycles. The largest absolute Gasteiger partial charge is 0.460 e. The second-order valence-corrected chi connectivity index (χ2v) is 6.14. The molecule has 0 bridgehead atoms.